The maximum atomic E-state index is 5.73. The van der Waals surface area contributed by atoms with Crippen molar-refractivity contribution >= 4 is 23.0 Å². The highest BCUT2D eigenvalue weighted by Crippen LogP contribution is 2.25. The van der Waals surface area contributed by atoms with Gasteiger partial charge in [0, 0.05) is 31.5 Å². The highest BCUT2D eigenvalue weighted by Gasteiger charge is 2.31. The molecule has 0 spiro atoms. The first-order chi connectivity index (χ1) is 9.25. The van der Waals surface area contributed by atoms with E-state index in [1.807, 2.05) is 0 Å². The minimum atomic E-state index is 0.327. The van der Waals surface area contributed by atoms with Crippen molar-refractivity contribution in [1.29, 1.82) is 0 Å². The van der Waals surface area contributed by atoms with Gasteiger partial charge in [-0.3, -0.25) is 4.90 Å². The summed E-state index contributed by atoms with van der Waals surface area (Å²) in [6, 6.07) is 0.642. The van der Waals surface area contributed by atoms with Crippen LogP contribution in [0.25, 0.3) is 0 Å². The Bertz CT molecular complexity index is 472. The quantitative estimate of drug-likeness (QED) is 0.824. The molecule has 1 atom stereocenters. The molecule has 3 heterocycles. The molecule has 0 aliphatic carbocycles. The van der Waals surface area contributed by atoms with Crippen molar-refractivity contribution in [3.63, 3.8) is 0 Å². The largest absolute Gasteiger partial charge is 0.388 e. The maximum Gasteiger partial charge on any atom is 0.157 e. The first-order valence-corrected chi connectivity index (χ1v) is 7.26. The van der Waals surface area contributed by atoms with E-state index in [2.05, 4.69) is 19.8 Å². The van der Waals surface area contributed by atoms with Gasteiger partial charge in [0.05, 0.1) is 0 Å². The van der Waals surface area contributed by atoms with Crippen molar-refractivity contribution in [2.24, 2.45) is 5.73 Å². The van der Waals surface area contributed by atoms with Gasteiger partial charge in [0.25, 0.3) is 0 Å². The summed E-state index contributed by atoms with van der Waals surface area (Å²) in [6.45, 7) is 4.49. The molecule has 19 heavy (non-hydrogen) atoms. The molecule has 0 saturated carbocycles. The Morgan fingerprint density at radius 3 is 2.68 bits per heavy atom. The monoisotopic (exact) mass is 277 g/mol. The minimum Gasteiger partial charge on any atom is -0.388 e. The van der Waals surface area contributed by atoms with Gasteiger partial charge in [-0.25, -0.2) is 9.97 Å². The molecule has 102 valence electrons. The smallest absolute Gasteiger partial charge is 0.157 e. The fraction of sp³-hybridized carbons (Fsp3) is 0.615. The molecule has 2 aliphatic rings. The molecule has 3 rings (SSSR count). The lowest BCUT2D eigenvalue weighted by atomic mass is 10.2. The second-order valence-electron chi connectivity index (χ2n) is 5.22. The Kier molecular flexibility index (Phi) is 3.61. The van der Waals surface area contributed by atoms with Crippen LogP contribution in [0.15, 0.2) is 12.4 Å². The average molecular weight is 277 g/mol. The molecule has 2 fully saturated rings. The van der Waals surface area contributed by atoms with Crippen molar-refractivity contribution in [3.05, 3.63) is 18.1 Å². The number of nitrogens with zero attached hydrogens (tertiary/aromatic N) is 4. The Labute approximate surface area is 118 Å². The number of nitrogens with two attached hydrogens (primary N) is 1. The van der Waals surface area contributed by atoms with Crippen molar-refractivity contribution in [1.82, 2.24) is 14.9 Å². The molecule has 6 heteroatoms. The predicted molar refractivity (Wildman–Crippen MR) is 79.3 cm³/mol. The van der Waals surface area contributed by atoms with E-state index < -0.39 is 0 Å². The molecular formula is C13H19N5S. The third kappa shape index (κ3) is 2.55. The van der Waals surface area contributed by atoms with Gasteiger partial charge in [-0.1, -0.05) is 12.2 Å². The molecule has 1 unspecified atom stereocenters. The molecular weight excluding hydrogens is 258 g/mol. The van der Waals surface area contributed by atoms with E-state index in [1.165, 1.54) is 32.4 Å². The lowest BCUT2D eigenvalue weighted by molar-refractivity contribution is 0.260. The summed E-state index contributed by atoms with van der Waals surface area (Å²) < 4.78 is 0. The van der Waals surface area contributed by atoms with E-state index in [9.17, 15) is 0 Å². The Morgan fingerprint density at radius 2 is 1.95 bits per heavy atom. The van der Waals surface area contributed by atoms with Gasteiger partial charge in [-0.2, -0.15) is 0 Å². The van der Waals surface area contributed by atoms with E-state index >= 15 is 0 Å². The standard InChI is InChI=1S/C13H19N5S/c14-12(19)11-13(16-5-4-15-11)18-8-3-10(9-18)17-6-1-2-7-17/h4-5,10H,1-3,6-9H2,(H2,14,19). The van der Waals surface area contributed by atoms with Crippen LogP contribution >= 0.6 is 12.2 Å². The molecule has 1 aromatic rings. The van der Waals surface area contributed by atoms with Crippen molar-refractivity contribution in [3.8, 4) is 0 Å². The zero-order valence-electron chi connectivity index (χ0n) is 11.0. The molecule has 0 amide bonds. The van der Waals surface area contributed by atoms with E-state index in [-0.39, 0.29) is 0 Å². The molecule has 2 saturated heterocycles. The fourth-order valence-corrected chi connectivity index (χ4v) is 3.22. The summed E-state index contributed by atoms with van der Waals surface area (Å²) in [4.78, 5) is 13.9. The van der Waals surface area contributed by atoms with E-state index in [0.29, 0.717) is 16.7 Å². The molecule has 2 N–H and O–H groups in total. The highest BCUT2D eigenvalue weighted by atomic mass is 32.1. The summed E-state index contributed by atoms with van der Waals surface area (Å²) in [5.74, 6) is 0.844. The summed E-state index contributed by atoms with van der Waals surface area (Å²) in [5.41, 5.74) is 6.38. The first-order valence-electron chi connectivity index (χ1n) is 6.85. The number of anilines is 1. The number of likely N-dealkylation sites (tertiary alicyclic amines) is 1. The zero-order chi connectivity index (χ0) is 13.2. The molecule has 0 radical (unpaired) electrons. The van der Waals surface area contributed by atoms with Crippen LogP contribution in [0.4, 0.5) is 5.82 Å². The van der Waals surface area contributed by atoms with Crippen LogP contribution in [-0.2, 0) is 0 Å². The summed E-state index contributed by atoms with van der Waals surface area (Å²) in [7, 11) is 0. The average Bonchev–Trinajstić information content (AvgIpc) is 3.09. The number of hydrogen-bond donors (Lipinski definition) is 1. The minimum absolute atomic E-state index is 0.327. The molecule has 0 aromatic carbocycles. The Balaban J connectivity index is 1.75. The summed E-state index contributed by atoms with van der Waals surface area (Å²) >= 11 is 5.06. The van der Waals surface area contributed by atoms with Gasteiger partial charge in [-0.05, 0) is 32.4 Å². The van der Waals surface area contributed by atoms with E-state index in [1.54, 1.807) is 12.4 Å². The first kappa shape index (κ1) is 12.7. The zero-order valence-corrected chi connectivity index (χ0v) is 11.8. The van der Waals surface area contributed by atoms with Crippen molar-refractivity contribution < 1.29 is 0 Å². The lowest BCUT2D eigenvalue weighted by Crippen LogP contribution is -2.36. The molecule has 0 bridgehead atoms. The van der Waals surface area contributed by atoms with Gasteiger partial charge in [0.1, 0.15) is 10.7 Å². The second kappa shape index (κ2) is 5.38. The van der Waals surface area contributed by atoms with Crippen LogP contribution in [0.1, 0.15) is 25.0 Å². The van der Waals surface area contributed by atoms with Crippen LogP contribution in [0, 0.1) is 0 Å². The highest BCUT2D eigenvalue weighted by molar-refractivity contribution is 7.80. The predicted octanol–water partition coefficient (Wildman–Crippen LogP) is 0.785. The number of aromatic nitrogens is 2. The third-order valence-electron chi connectivity index (χ3n) is 4.03. The SMILES string of the molecule is NC(=S)c1nccnc1N1CCC(N2CCCC2)C1. The number of hydrogen-bond acceptors (Lipinski definition) is 5. The van der Waals surface area contributed by atoms with E-state index in [0.717, 1.165) is 18.9 Å². The molecule has 5 nitrogen and oxygen atoms in total. The van der Waals surface area contributed by atoms with Gasteiger partial charge in [0.15, 0.2) is 5.82 Å². The molecule has 2 aliphatic heterocycles. The van der Waals surface area contributed by atoms with Crippen molar-refractivity contribution in [2.45, 2.75) is 25.3 Å². The lowest BCUT2D eigenvalue weighted by Gasteiger charge is -2.24. The number of thiocarbonyl (C=S) groups is 1. The normalized spacial score (nSPS) is 24.0. The van der Waals surface area contributed by atoms with Gasteiger partial charge in [-0.15, -0.1) is 0 Å². The topological polar surface area (TPSA) is 58.3 Å². The van der Waals surface area contributed by atoms with Gasteiger partial charge >= 0.3 is 0 Å². The van der Waals surface area contributed by atoms with E-state index in [4.69, 9.17) is 18.0 Å². The Hall–Kier alpha value is -1.27. The second-order valence-corrected chi connectivity index (χ2v) is 5.66. The van der Waals surface area contributed by atoms with Crippen LogP contribution in [0.3, 0.4) is 0 Å². The summed E-state index contributed by atoms with van der Waals surface area (Å²) in [5, 5.41) is 0. The Morgan fingerprint density at radius 1 is 1.21 bits per heavy atom. The fourth-order valence-electron chi connectivity index (χ4n) is 3.07. The van der Waals surface area contributed by atoms with Gasteiger partial charge in [0.2, 0.25) is 0 Å². The maximum absolute atomic E-state index is 5.73. The van der Waals surface area contributed by atoms with Crippen LogP contribution in [0.5, 0.6) is 0 Å². The van der Waals surface area contributed by atoms with Crippen LogP contribution < -0.4 is 10.6 Å². The third-order valence-corrected chi connectivity index (χ3v) is 4.23. The van der Waals surface area contributed by atoms with Crippen LogP contribution in [0.2, 0.25) is 0 Å². The number of rotatable bonds is 3. The van der Waals surface area contributed by atoms with Crippen molar-refractivity contribution in [2.75, 3.05) is 31.1 Å². The van der Waals surface area contributed by atoms with Crippen LogP contribution in [-0.4, -0.2) is 52.1 Å². The molecule has 1 aromatic heterocycles. The summed E-state index contributed by atoms with van der Waals surface area (Å²) in [6.07, 6.45) is 7.21. The van der Waals surface area contributed by atoms with Gasteiger partial charge < -0.3 is 10.6 Å².